The number of esters is 1. The standard InChI is InChI=1S/C32H43IN4O8/c1-7-29(4)17-22(39)32(43)30(5)21(38)12-14-28(2,3)26(30)25(42)27(31(32,6)45-29)44-24(41)11-10-23(40)35-15-13-18-8-9-20(36-37-34)19(33)16-18/h7-9,16,21,25-27,38,42-43H,1,10-15,17H2,2-6H3,(H,35,40)/t21-,25-,26-,27-,29+,30-,31+,32-/m1/s1. The third-order valence-corrected chi connectivity index (χ3v) is 11.3. The number of hydrogen-bond donors (Lipinski definition) is 4. The van der Waals surface area contributed by atoms with E-state index < -0.39 is 63.6 Å². The number of halogens is 1. The molecule has 246 valence electrons. The Morgan fingerprint density at radius 2 is 1.93 bits per heavy atom. The minimum atomic E-state index is -2.32. The van der Waals surface area contributed by atoms with Gasteiger partial charge in [-0.3, -0.25) is 14.4 Å². The van der Waals surface area contributed by atoms with Crippen LogP contribution in [0.15, 0.2) is 36.0 Å². The molecule has 1 aromatic carbocycles. The molecule has 2 aliphatic carbocycles. The number of rotatable bonds is 9. The number of hydrogen-bond acceptors (Lipinski definition) is 9. The van der Waals surface area contributed by atoms with Crippen molar-refractivity contribution in [2.24, 2.45) is 21.9 Å². The van der Waals surface area contributed by atoms with Crippen molar-refractivity contribution >= 4 is 45.9 Å². The number of ether oxygens (including phenoxy) is 2. The van der Waals surface area contributed by atoms with Crippen molar-refractivity contribution in [3.8, 4) is 0 Å². The van der Waals surface area contributed by atoms with Crippen LogP contribution in [0.1, 0.15) is 72.3 Å². The van der Waals surface area contributed by atoms with Crippen molar-refractivity contribution in [2.45, 2.75) is 108 Å². The zero-order chi connectivity index (χ0) is 33.6. The van der Waals surface area contributed by atoms with Gasteiger partial charge in [-0.25, -0.2) is 0 Å². The van der Waals surface area contributed by atoms with Gasteiger partial charge in [0.15, 0.2) is 17.5 Å². The Morgan fingerprint density at radius 1 is 1.24 bits per heavy atom. The molecule has 1 aromatic rings. The summed E-state index contributed by atoms with van der Waals surface area (Å²) in [4.78, 5) is 42.6. The quantitative estimate of drug-likeness (QED) is 0.0724. The maximum absolute atomic E-state index is 14.0. The zero-order valence-electron chi connectivity index (χ0n) is 26.4. The van der Waals surface area contributed by atoms with Crippen molar-refractivity contribution in [2.75, 3.05) is 6.54 Å². The van der Waals surface area contributed by atoms with E-state index in [0.29, 0.717) is 31.5 Å². The van der Waals surface area contributed by atoms with Crippen molar-refractivity contribution in [3.05, 3.63) is 50.4 Å². The summed E-state index contributed by atoms with van der Waals surface area (Å²) in [7, 11) is 0. The summed E-state index contributed by atoms with van der Waals surface area (Å²) in [6.45, 7) is 12.6. The van der Waals surface area contributed by atoms with Gasteiger partial charge in [0.05, 0.1) is 29.9 Å². The summed E-state index contributed by atoms with van der Waals surface area (Å²) in [6, 6.07) is 5.37. The van der Waals surface area contributed by atoms with Crippen LogP contribution in [-0.2, 0) is 30.3 Å². The lowest BCUT2D eigenvalue weighted by molar-refractivity contribution is -0.370. The molecule has 0 spiro atoms. The molecule has 13 heteroatoms. The van der Waals surface area contributed by atoms with Gasteiger partial charge in [-0.2, -0.15) is 0 Å². The second kappa shape index (κ2) is 12.6. The first-order chi connectivity index (χ1) is 20.9. The average Bonchev–Trinajstić information content (AvgIpc) is 2.96. The lowest BCUT2D eigenvalue weighted by Gasteiger charge is -2.71. The normalized spacial score (nSPS) is 37.0. The number of azide groups is 1. The molecule has 45 heavy (non-hydrogen) atoms. The monoisotopic (exact) mass is 738 g/mol. The second-order valence-electron chi connectivity index (χ2n) is 13.8. The predicted molar refractivity (Wildman–Crippen MR) is 173 cm³/mol. The number of benzene rings is 1. The molecule has 0 radical (unpaired) electrons. The summed E-state index contributed by atoms with van der Waals surface area (Å²) < 4.78 is 13.1. The Labute approximate surface area is 276 Å². The van der Waals surface area contributed by atoms with Crippen molar-refractivity contribution in [1.82, 2.24) is 5.32 Å². The highest BCUT2D eigenvalue weighted by Crippen LogP contribution is 2.67. The van der Waals surface area contributed by atoms with E-state index in [4.69, 9.17) is 15.0 Å². The third-order valence-electron chi connectivity index (χ3n) is 10.4. The molecule has 3 fully saturated rings. The van der Waals surface area contributed by atoms with Crippen LogP contribution in [0, 0.1) is 20.3 Å². The molecule has 4 N–H and O–H groups in total. The number of aliphatic hydroxyl groups is 3. The predicted octanol–water partition coefficient (Wildman–Crippen LogP) is 4.19. The largest absolute Gasteiger partial charge is 0.456 e. The molecule has 1 amide bonds. The van der Waals surface area contributed by atoms with Gasteiger partial charge in [-0.05, 0) is 78.3 Å². The third kappa shape index (κ3) is 5.91. The number of ketones is 1. The number of fused-ring (bicyclic) bond motifs is 3. The number of aliphatic hydroxyl groups excluding tert-OH is 2. The topological polar surface area (TPSA) is 191 Å². The van der Waals surface area contributed by atoms with E-state index in [0.717, 1.165) is 9.13 Å². The van der Waals surface area contributed by atoms with Gasteiger partial charge in [0, 0.05) is 39.2 Å². The van der Waals surface area contributed by atoms with E-state index in [9.17, 15) is 29.7 Å². The first-order valence-corrected chi connectivity index (χ1v) is 16.2. The Kier molecular flexibility index (Phi) is 9.86. The van der Waals surface area contributed by atoms with Crippen molar-refractivity contribution in [3.63, 3.8) is 0 Å². The lowest BCUT2D eigenvalue weighted by Crippen LogP contribution is -2.86. The molecule has 8 atom stereocenters. The molecule has 2 saturated carbocycles. The number of nitrogens with zero attached hydrogens (tertiary/aromatic N) is 3. The van der Waals surface area contributed by atoms with Crippen LogP contribution < -0.4 is 5.32 Å². The number of carbonyl (C=O) groups is 3. The Balaban J connectivity index is 1.51. The van der Waals surface area contributed by atoms with E-state index in [2.05, 4.69) is 44.5 Å². The van der Waals surface area contributed by atoms with E-state index in [-0.39, 0.29) is 25.2 Å². The molecule has 0 aromatic heterocycles. The van der Waals surface area contributed by atoms with Gasteiger partial charge in [-0.1, -0.05) is 44.1 Å². The van der Waals surface area contributed by atoms with E-state index in [1.165, 1.54) is 13.0 Å². The zero-order valence-corrected chi connectivity index (χ0v) is 28.5. The van der Waals surface area contributed by atoms with Crippen LogP contribution in [0.2, 0.25) is 0 Å². The molecule has 3 aliphatic rings. The summed E-state index contributed by atoms with van der Waals surface area (Å²) in [5, 5.41) is 42.2. The summed E-state index contributed by atoms with van der Waals surface area (Å²) in [6.07, 6.45) is -1.98. The lowest BCUT2D eigenvalue weighted by atomic mass is 9.40. The van der Waals surface area contributed by atoms with Crippen LogP contribution in [0.3, 0.4) is 0 Å². The number of carbonyl (C=O) groups excluding carboxylic acids is 3. The van der Waals surface area contributed by atoms with Crippen LogP contribution >= 0.6 is 22.6 Å². The van der Waals surface area contributed by atoms with E-state index in [1.807, 2.05) is 19.9 Å². The summed E-state index contributed by atoms with van der Waals surface area (Å²) in [5.74, 6) is -2.61. The fourth-order valence-corrected chi connectivity index (χ4v) is 8.85. The molecule has 1 heterocycles. The molecular weight excluding hydrogens is 695 g/mol. The van der Waals surface area contributed by atoms with Crippen LogP contribution in [0.4, 0.5) is 5.69 Å². The fourth-order valence-electron chi connectivity index (χ4n) is 8.17. The average molecular weight is 739 g/mol. The van der Waals surface area contributed by atoms with Gasteiger partial charge in [-0.15, -0.1) is 6.58 Å². The first-order valence-electron chi connectivity index (χ1n) is 15.2. The highest BCUT2D eigenvalue weighted by molar-refractivity contribution is 14.1. The van der Waals surface area contributed by atoms with Crippen LogP contribution in [0.25, 0.3) is 10.4 Å². The Hall–Kier alpha value is -2.55. The van der Waals surface area contributed by atoms with Gasteiger partial charge in [0.1, 0.15) is 5.60 Å². The first kappa shape index (κ1) is 35.3. The van der Waals surface area contributed by atoms with Crippen molar-refractivity contribution in [1.29, 1.82) is 0 Å². The number of Topliss-reactive ketones (excluding diaryl/α,β-unsaturated/α-hetero) is 1. The fraction of sp³-hybridized carbons (Fsp3) is 0.656. The maximum atomic E-state index is 14.0. The molecule has 1 saturated heterocycles. The van der Waals surface area contributed by atoms with Gasteiger partial charge in [0.25, 0.3) is 0 Å². The minimum absolute atomic E-state index is 0.189. The highest BCUT2D eigenvalue weighted by Gasteiger charge is 2.81. The van der Waals surface area contributed by atoms with Gasteiger partial charge in [0.2, 0.25) is 5.91 Å². The Bertz CT molecular complexity index is 1430. The summed E-state index contributed by atoms with van der Waals surface area (Å²) >= 11 is 2.07. The molecular formula is C32H43IN4O8. The molecule has 0 unspecified atom stereocenters. The van der Waals surface area contributed by atoms with Crippen LogP contribution in [0.5, 0.6) is 0 Å². The SMILES string of the molecule is C=C[C@@]1(C)CC(=O)[C@@]2(O)[C@]3(C)[C@H](O)CCC(C)(C)[C@H]3[C@@H](O)[C@@H](OC(=O)CCC(=O)NCCc3ccc(N=[N+]=[N-])c(I)c3)[C@]2(C)O1. The smallest absolute Gasteiger partial charge is 0.306 e. The van der Waals surface area contributed by atoms with Crippen molar-refractivity contribution < 1.29 is 39.2 Å². The molecule has 0 bridgehead atoms. The maximum Gasteiger partial charge on any atom is 0.306 e. The van der Waals surface area contributed by atoms with E-state index in [1.54, 1.807) is 26.0 Å². The van der Waals surface area contributed by atoms with Crippen LogP contribution in [-0.4, -0.2) is 74.6 Å². The molecule has 12 nitrogen and oxygen atoms in total. The summed E-state index contributed by atoms with van der Waals surface area (Å²) in [5.41, 5.74) is 2.42. The number of amides is 1. The highest BCUT2D eigenvalue weighted by atomic mass is 127. The molecule has 1 aliphatic heterocycles. The Morgan fingerprint density at radius 3 is 2.56 bits per heavy atom. The molecule has 4 rings (SSSR count). The van der Waals surface area contributed by atoms with Gasteiger partial charge >= 0.3 is 5.97 Å². The van der Waals surface area contributed by atoms with Gasteiger partial charge < -0.3 is 30.1 Å². The minimum Gasteiger partial charge on any atom is -0.456 e. The number of nitrogens with one attached hydrogen (secondary N) is 1. The second-order valence-corrected chi connectivity index (χ2v) is 15.0. The van der Waals surface area contributed by atoms with E-state index >= 15 is 0 Å².